The molecule has 0 amide bonds. The number of halogens is 1. The summed E-state index contributed by atoms with van der Waals surface area (Å²) in [5, 5.41) is 9.56. The van der Waals surface area contributed by atoms with Gasteiger partial charge in [0.15, 0.2) is 0 Å². The van der Waals surface area contributed by atoms with Crippen molar-refractivity contribution < 1.29 is 19.4 Å². The lowest BCUT2D eigenvalue weighted by molar-refractivity contribution is 0.0695. The minimum atomic E-state index is -0.942. The van der Waals surface area contributed by atoms with Gasteiger partial charge in [0.05, 0.1) is 21.8 Å². The molecule has 0 spiro atoms. The van der Waals surface area contributed by atoms with Gasteiger partial charge in [-0.25, -0.2) is 4.79 Å². The van der Waals surface area contributed by atoms with Crippen LogP contribution >= 0.6 is 22.6 Å². The van der Waals surface area contributed by atoms with Gasteiger partial charge in [0.1, 0.15) is 17.1 Å². The second kappa shape index (κ2) is 7.98. The standard InChI is InChI=1S/C26H33IO4/c1-24(2,3)11-12-25(4,5)18-14-19-20(22(30-8)21(18)27)16-13-15(23(28)29)9-10-17(16)26(6,7)31-19/h9-10,13-14H,11-12H2,1-8H3,(H,28,29). The Kier molecular flexibility index (Phi) is 6.15. The first-order valence-corrected chi connectivity index (χ1v) is 11.7. The van der Waals surface area contributed by atoms with Crippen molar-refractivity contribution in [2.24, 2.45) is 5.41 Å². The average Bonchev–Trinajstić information content (AvgIpc) is 2.65. The van der Waals surface area contributed by atoms with E-state index in [1.165, 1.54) is 5.56 Å². The van der Waals surface area contributed by atoms with Crippen molar-refractivity contribution in [2.45, 2.75) is 72.3 Å². The maximum absolute atomic E-state index is 11.7. The summed E-state index contributed by atoms with van der Waals surface area (Å²) in [6.45, 7) is 15.4. The van der Waals surface area contributed by atoms with Crippen molar-refractivity contribution in [2.75, 3.05) is 7.11 Å². The maximum Gasteiger partial charge on any atom is 0.335 e. The molecular formula is C26H33IO4. The van der Waals surface area contributed by atoms with Gasteiger partial charge in [-0.1, -0.05) is 40.7 Å². The van der Waals surface area contributed by atoms with E-state index in [0.717, 1.165) is 44.6 Å². The molecule has 1 aliphatic rings. The van der Waals surface area contributed by atoms with Gasteiger partial charge in [0, 0.05) is 5.56 Å². The number of carboxylic acid groups (broad SMARTS) is 1. The monoisotopic (exact) mass is 536 g/mol. The minimum Gasteiger partial charge on any atom is -0.495 e. The highest BCUT2D eigenvalue weighted by Gasteiger charge is 2.38. The van der Waals surface area contributed by atoms with Crippen LogP contribution in [0.2, 0.25) is 0 Å². The summed E-state index contributed by atoms with van der Waals surface area (Å²) in [7, 11) is 1.67. The van der Waals surface area contributed by atoms with E-state index in [1.54, 1.807) is 19.2 Å². The van der Waals surface area contributed by atoms with Gasteiger partial charge in [-0.15, -0.1) is 0 Å². The van der Waals surface area contributed by atoms with Crippen LogP contribution < -0.4 is 9.47 Å². The number of methoxy groups -OCH3 is 1. The van der Waals surface area contributed by atoms with E-state index in [0.29, 0.717) is 0 Å². The lowest BCUT2D eigenvalue weighted by Gasteiger charge is -2.38. The van der Waals surface area contributed by atoms with Crippen molar-refractivity contribution in [1.29, 1.82) is 0 Å². The van der Waals surface area contributed by atoms with Crippen molar-refractivity contribution in [3.05, 3.63) is 44.5 Å². The van der Waals surface area contributed by atoms with Crippen molar-refractivity contribution in [1.82, 2.24) is 0 Å². The van der Waals surface area contributed by atoms with Crippen LogP contribution in [0.3, 0.4) is 0 Å². The molecule has 0 saturated heterocycles. The van der Waals surface area contributed by atoms with E-state index in [9.17, 15) is 9.90 Å². The zero-order valence-electron chi connectivity index (χ0n) is 19.8. The molecule has 1 aliphatic heterocycles. The van der Waals surface area contributed by atoms with E-state index >= 15 is 0 Å². The summed E-state index contributed by atoms with van der Waals surface area (Å²) in [5.74, 6) is 0.551. The van der Waals surface area contributed by atoms with Gasteiger partial charge in [-0.2, -0.15) is 0 Å². The normalized spacial score (nSPS) is 15.0. The van der Waals surface area contributed by atoms with E-state index in [2.05, 4.69) is 63.3 Å². The molecule has 0 bridgehead atoms. The minimum absolute atomic E-state index is 0.0667. The van der Waals surface area contributed by atoms with Gasteiger partial charge in [0.25, 0.3) is 0 Å². The molecule has 2 aromatic rings. The SMILES string of the molecule is COc1c(I)c(C(C)(C)CCC(C)(C)C)cc2c1-c1cc(C(=O)O)ccc1C(C)(C)O2. The number of carbonyl (C=O) groups is 1. The zero-order chi connectivity index (χ0) is 23.4. The summed E-state index contributed by atoms with van der Waals surface area (Å²) < 4.78 is 13.5. The third-order valence-corrected chi connectivity index (χ3v) is 7.24. The second-order valence-electron chi connectivity index (χ2n) is 10.8. The molecule has 5 heteroatoms. The van der Waals surface area contributed by atoms with Crippen LogP contribution in [0.1, 0.15) is 82.8 Å². The van der Waals surface area contributed by atoms with E-state index in [-0.39, 0.29) is 16.4 Å². The van der Waals surface area contributed by atoms with Crippen LogP contribution in [0, 0.1) is 8.99 Å². The van der Waals surface area contributed by atoms with Gasteiger partial charge >= 0.3 is 5.97 Å². The lowest BCUT2D eigenvalue weighted by atomic mass is 9.75. The molecule has 0 atom stereocenters. The molecule has 0 aliphatic carbocycles. The average molecular weight is 536 g/mol. The fraction of sp³-hybridized carbons (Fsp3) is 0.500. The Labute approximate surface area is 199 Å². The highest BCUT2D eigenvalue weighted by atomic mass is 127. The van der Waals surface area contributed by atoms with Crippen LogP contribution in [-0.4, -0.2) is 18.2 Å². The Morgan fingerprint density at radius 1 is 1.13 bits per heavy atom. The van der Waals surface area contributed by atoms with Crippen LogP contribution in [0.5, 0.6) is 11.5 Å². The molecule has 1 N–H and O–H groups in total. The number of ether oxygens (including phenoxy) is 2. The highest BCUT2D eigenvalue weighted by Crippen LogP contribution is 2.53. The molecule has 168 valence electrons. The molecule has 3 rings (SSSR count). The van der Waals surface area contributed by atoms with Crippen LogP contribution in [0.15, 0.2) is 24.3 Å². The maximum atomic E-state index is 11.7. The first-order chi connectivity index (χ1) is 14.2. The zero-order valence-corrected chi connectivity index (χ0v) is 21.9. The van der Waals surface area contributed by atoms with Gasteiger partial charge in [0.2, 0.25) is 0 Å². The molecule has 0 unspecified atom stereocenters. The topological polar surface area (TPSA) is 55.8 Å². The number of hydrogen-bond acceptors (Lipinski definition) is 3. The molecule has 0 radical (unpaired) electrons. The van der Waals surface area contributed by atoms with Crippen molar-refractivity contribution in [3.8, 4) is 22.6 Å². The molecule has 0 fully saturated rings. The van der Waals surface area contributed by atoms with E-state index in [1.807, 2.05) is 19.9 Å². The van der Waals surface area contributed by atoms with Crippen molar-refractivity contribution in [3.63, 3.8) is 0 Å². The summed E-state index contributed by atoms with van der Waals surface area (Å²) in [6, 6.07) is 7.37. The first-order valence-electron chi connectivity index (χ1n) is 10.7. The Balaban J connectivity index is 2.25. The van der Waals surface area contributed by atoms with Gasteiger partial charge in [-0.05, 0) is 89.4 Å². The van der Waals surface area contributed by atoms with Gasteiger partial charge in [-0.3, -0.25) is 0 Å². The number of carboxylic acids is 1. The Hall–Kier alpha value is -1.76. The highest BCUT2D eigenvalue weighted by molar-refractivity contribution is 14.1. The molecular weight excluding hydrogens is 503 g/mol. The number of aromatic carboxylic acids is 1. The summed E-state index contributed by atoms with van der Waals surface area (Å²) in [5.41, 5.74) is 3.72. The van der Waals surface area contributed by atoms with Crippen LogP contribution in [0.25, 0.3) is 11.1 Å². The first kappa shape index (κ1) is 23.9. The summed E-state index contributed by atoms with van der Waals surface area (Å²) >= 11 is 2.37. The fourth-order valence-corrected chi connectivity index (χ4v) is 5.57. The largest absolute Gasteiger partial charge is 0.495 e. The molecule has 0 aromatic heterocycles. The second-order valence-corrected chi connectivity index (χ2v) is 11.8. The summed E-state index contributed by atoms with van der Waals surface area (Å²) in [6.07, 6.45) is 2.14. The number of rotatable bonds is 5. The fourth-order valence-electron chi connectivity index (χ4n) is 4.19. The Morgan fingerprint density at radius 3 is 2.32 bits per heavy atom. The quantitative estimate of drug-likeness (QED) is 0.405. The van der Waals surface area contributed by atoms with Crippen molar-refractivity contribution >= 4 is 28.6 Å². The molecule has 2 aromatic carbocycles. The molecule has 1 heterocycles. The predicted octanol–water partition coefficient (Wildman–Crippen LogP) is 7.40. The number of hydrogen-bond donors (Lipinski definition) is 1. The molecule has 0 saturated carbocycles. The van der Waals surface area contributed by atoms with E-state index in [4.69, 9.17) is 9.47 Å². The number of benzene rings is 2. The third-order valence-electron chi connectivity index (χ3n) is 6.17. The van der Waals surface area contributed by atoms with Gasteiger partial charge < -0.3 is 14.6 Å². The van der Waals surface area contributed by atoms with Crippen LogP contribution in [0.4, 0.5) is 0 Å². The smallest absolute Gasteiger partial charge is 0.335 e. The third kappa shape index (κ3) is 4.57. The molecule has 31 heavy (non-hydrogen) atoms. The lowest BCUT2D eigenvalue weighted by Crippen LogP contribution is -2.30. The Bertz CT molecular complexity index is 1030. The predicted molar refractivity (Wildman–Crippen MR) is 133 cm³/mol. The van der Waals surface area contributed by atoms with Crippen LogP contribution in [-0.2, 0) is 11.0 Å². The summed E-state index contributed by atoms with van der Waals surface area (Å²) in [4.78, 5) is 11.7. The Morgan fingerprint density at radius 2 is 1.77 bits per heavy atom. The van der Waals surface area contributed by atoms with E-state index < -0.39 is 11.6 Å². The number of fused-ring (bicyclic) bond motifs is 3. The molecule has 4 nitrogen and oxygen atoms in total.